The average Bonchev–Trinajstić information content (AvgIpc) is 2.20. The first-order valence-corrected chi connectivity index (χ1v) is 5.30. The summed E-state index contributed by atoms with van der Waals surface area (Å²) >= 11 is 0. The summed E-state index contributed by atoms with van der Waals surface area (Å²) in [4.78, 5) is 0. The van der Waals surface area contributed by atoms with Gasteiger partial charge in [-0.3, -0.25) is 0 Å². The number of aryl methyl sites for hydroxylation is 2. The molecule has 0 aliphatic carbocycles. The summed E-state index contributed by atoms with van der Waals surface area (Å²) in [7, 11) is 0. The molecule has 0 spiro atoms. The minimum atomic E-state index is -5.79. The second-order valence-electron chi connectivity index (χ2n) is 4.46. The number of hydrogen-bond donors (Lipinski definition) is 1. The summed E-state index contributed by atoms with van der Waals surface area (Å²) in [5, 5.41) is 9.10. The molecule has 1 aromatic carbocycles. The third-order valence-corrected chi connectivity index (χ3v) is 2.89. The van der Waals surface area contributed by atoms with Crippen molar-refractivity contribution in [1.29, 1.82) is 0 Å². The predicted octanol–water partition coefficient (Wildman–Crippen LogP) is 3.70. The van der Waals surface area contributed by atoms with Gasteiger partial charge >= 0.3 is 12.4 Å². The first-order valence-electron chi connectivity index (χ1n) is 5.30. The summed E-state index contributed by atoms with van der Waals surface area (Å²) in [5.41, 5.74) is -4.14. The van der Waals surface area contributed by atoms with Crippen molar-refractivity contribution < 1.29 is 31.4 Å². The van der Waals surface area contributed by atoms with Crippen LogP contribution in [0.1, 0.15) is 16.7 Å². The Balaban J connectivity index is 3.27. The lowest BCUT2D eigenvalue weighted by Gasteiger charge is -2.32. The Morgan fingerprint density at radius 1 is 0.947 bits per heavy atom. The Labute approximate surface area is 105 Å². The SMILES string of the molecule is Cc1ccc(C)c(CC(O)(C(F)(F)F)C(F)(F)F)c1. The Kier molecular flexibility index (Phi) is 3.91. The zero-order chi connectivity index (χ0) is 15.1. The van der Waals surface area contributed by atoms with Crippen LogP contribution >= 0.6 is 0 Å². The fourth-order valence-corrected chi connectivity index (χ4v) is 1.63. The molecule has 108 valence electrons. The van der Waals surface area contributed by atoms with Gasteiger partial charge in [-0.05, 0) is 25.0 Å². The Morgan fingerprint density at radius 3 is 1.84 bits per heavy atom. The van der Waals surface area contributed by atoms with Gasteiger partial charge in [-0.1, -0.05) is 23.8 Å². The van der Waals surface area contributed by atoms with Crippen LogP contribution in [-0.2, 0) is 6.42 Å². The second-order valence-corrected chi connectivity index (χ2v) is 4.46. The standard InChI is InChI=1S/C12H12F6O/c1-7-3-4-8(2)9(5-7)6-10(19,11(13,14)15)12(16,17)18/h3-5,19H,6H2,1-2H3. The van der Waals surface area contributed by atoms with Gasteiger partial charge in [0.25, 0.3) is 5.60 Å². The molecule has 0 heterocycles. The van der Waals surface area contributed by atoms with Crippen LogP contribution in [0.15, 0.2) is 18.2 Å². The predicted molar refractivity (Wildman–Crippen MR) is 56.7 cm³/mol. The highest BCUT2D eigenvalue weighted by Gasteiger charge is 2.70. The third kappa shape index (κ3) is 3.02. The van der Waals surface area contributed by atoms with Crippen LogP contribution in [-0.4, -0.2) is 23.1 Å². The highest BCUT2D eigenvalue weighted by molar-refractivity contribution is 5.32. The minimum Gasteiger partial charge on any atom is -0.373 e. The molecular weight excluding hydrogens is 274 g/mol. The van der Waals surface area contributed by atoms with Crippen molar-refractivity contribution in [2.24, 2.45) is 0 Å². The smallest absolute Gasteiger partial charge is 0.373 e. The molecule has 0 unspecified atom stereocenters. The number of alkyl halides is 6. The van der Waals surface area contributed by atoms with Crippen molar-refractivity contribution in [2.45, 2.75) is 38.2 Å². The minimum absolute atomic E-state index is 0.183. The van der Waals surface area contributed by atoms with Crippen LogP contribution in [0.2, 0.25) is 0 Å². The van der Waals surface area contributed by atoms with Gasteiger partial charge in [0.1, 0.15) is 0 Å². The maximum absolute atomic E-state index is 12.5. The van der Waals surface area contributed by atoms with Crippen molar-refractivity contribution in [3.05, 3.63) is 34.9 Å². The zero-order valence-electron chi connectivity index (χ0n) is 10.2. The molecule has 1 nitrogen and oxygen atoms in total. The van der Waals surface area contributed by atoms with E-state index in [0.717, 1.165) is 0 Å². The Hall–Kier alpha value is -1.24. The fraction of sp³-hybridized carbons (Fsp3) is 0.500. The topological polar surface area (TPSA) is 20.2 Å². The molecule has 7 heteroatoms. The molecule has 1 N–H and O–H groups in total. The maximum atomic E-state index is 12.5. The Bertz CT molecular complexity index is 446. The molecule has 0 fully saturated rings. The van der Waals surface area contributed by atoms with Crippen LogP contribution < -0.4 is 0 Å². The third-order valence-electron chi connectivity index (χ3n) is 2.89. The second kappa shape index (κ2) is 4.70. The lowest BCUT2D eigenvalue weighted by atomic mass is 9.90. The van der Waals surface area contributed by atoms with E-state index >= 15 is 0 Å². The number of aliphatic hydroxyl groups is 1. The molecule has 19 heavy (non-hydrogen) atoms. The fourth-order valence-electron chi connectivity index (χ4n) is 1.63. The average molecular weight is 286 g/mol. The molecule has 0 atom stereocenters. The van der Waals surface area contributed by atoms with Gasteiger partial charge in [0, 0.05) is 6.42 Å². The van der Waals surface area contributed by atoms with Crippen molar-refractivity contribution in [3.8, 4) is 0 Å². The van der Waals surface area contributed by atoms with Gasteiger partial charge in [0.05, 0.1) is 0 Å². The summed E-state index contributed by atoms with van der Waals surface area (Å²) in [6.45, 7) is 2.94. The molecule has 1 aromatic rings. The van der Waals surface area contributed by atoms with Crippen molar-refractivity contribution in [3.63, 3.8) is 0 Å². The van der Waals surface area contributed by atoms with E-state index in [0.29, 0.717) is 5.56 Å². The van der Waals surface area contributed by atoms with Gasteiger partial charge < -0.3 is 5.11 Å². The Morgan fingerprint density at radius 2 is 1.42 bits per heavy atom. The van der Waals surface area contributed by atoms with Crippen molar-refractivity contribution >= 4 is 0 Å². The van der Waals surface area contributed by atoms with E-state index in [-0.39, 0.29) is 11.1 Å². The molecule has 0 amide bonds. The molecular formula is C12H12F6O. The maximum Gasteiger partial charge on any atom is 0.426 e. The summed E-state index contributed by atoms with van der Waals surface area (Å²) in [5.74, 6) is 0. The van der Waals surface area contributed by atoms with Crippen LogP contribution in [0.25, 0.3) is 0 Å². The van der Waals surface area contributed by atoms with Crippen LogP contribution in [0.5, 0.6) is 0 Å². The van der Waals surface area contributed by atoms with E-state index in [2.05, 4.69) is 0 Å². The zero-order valence-corrected chi connectivity index (χ0v) is 10.2. The van der Waals surface area contributed by atoms with Crippen LogP contribution in [0.4, 0.5) is 26.3 Å². The van der Waals surface area contributed by atoms with Gasteiger partial charge in [0.2, 0.25) is 0 Å². The molecule has 0 aromatic heterocycles. The van der Waals surface area contributed by atoms with E-state index < -0.39 is 24.4 Å². The van der Waals surface area contributed by atoms with Crippen LogP contribution in [0, 0.1) is 13.8 Å². The van der Waals surface area contributed by atoms with Crippen LogP contribution in [0.3, 0.4) is 0 Å². The molecule has 0 radical (unpaired) electrons. The summed E-state index contributed by atoms with van der Waals surface area (Å²) in [6.07, 6.45) is -13.1. The molecule has 0 bridgehead atoms. The first-order chi connectivity index (χ1) is 8.38. The largest absolute Gasteiger partial charge is 0.426 e. The van der Waals surface area contributed by atoms with Gasteiger partial charge in [0.15, 0.2) is 0 Å². The van der Waals surface area contributed by atoms with E-state index in [1.54, 1.807) is 13.0 Å². The lowest BCUT2D eigenvalue weighted by Crippen LogP contribution is -2.58. The highest BCUT2D eigenvalue weighted by atomic mass is 19.4. The normalized spacial score (nSPS) is 13.7. The summed E-state index contributed by atoms with van der Waals surface area (Å²) in [6, 6.07) is 4.19. The summed E-state index contributed by atoms with van der Waals surface area (Å²) < 4.78 is 75.3. The van der Waals surface area contributed by atoms with Crippen molar-refractivity contribution in [1.82, 2.24) is 0 Å². The number of benzene rings is 1. The van der Waals surface area contributed by atoms with Gasteiger partial charge in [-0.25, -0.2) is 0 Å². The van der Waals surface area contributed by atoms with E-state index in [9.17, 15) is 26.3 Å². The van der Waals surface area contributed by atoms with Gasteiger partial charge in [-0.2, -0.15) is 26.3 Å². The molecule has 0 aliphatic rings. The van der Waals surface area contributed by atoms with Gasteiger partial charge in [-0.15, -0.1) is 0 Å². The van der Waals surface area contributed by atoms with E-state index in [4.69, 9.17) is 5.11 Å². The lowest BCUT2D eigenvalue weighted by molar-refractivity contribution is -0.367. The van der Waals surface area contributed by atoms with E-state index in [1.807, 2.05) is 0 Å². The molecule has 1 rings (SSSR count). The molecule has 0 aliphatic heterocycles. The highest BCUT2D eigenvalue weighted by Crippen LogP contribution is 2.45. The monoisotopic (exact) mass is 286 g/mol. The first kappa shape index (κ1) is 15.8. The number of halogens is 6. The molecule has 0 saturated heterocycles. The van der Waals surface area contributed by atoms with E-state index in [1.165, 1.54) is 19.1 Å². The number of rotatable bonds is 2. The van der Waals surface area contributed by atoms with Crippen molar-refractivity contribution in [2.75, 3.05) is 0 Å². The molecule has 0 saturated carbocycles. The quantitative estimate of drug-likeness (QED) is 0.822. The number of hydrogen-bond acceptors (Lipinski definition) is 1.